The summed E-state index contributed by atoms with van der Waals surface area (Å²) in [7, 11) is 0. The van der Waals surface area contributed by atoms with E-state index in [1.54, 1.807) is 12.4 Å². The second kappa shape index (κ2) is 6.06. The quantitative estimate of drug-likeness (QED) is 0.699. The van der Waals surface area contributed by atoms with Crippen LogP contribution in [0.4, 0.5) is 10.8 Å². The average Bonchev–Trinajstić information content (AvgIpc) is 2.93. The average molecular weight is 318 g/mol. The maximum absolute atomic E-state index is 10.5. The van der Waals surface area contributed by atoms with Crippen LogP contribution in [-0.4, -0.2) is 32.0 Å². The first kappa shape index (κ1) is 13.8. The first-order valence-corrected chi connectivity index (χ1v) is 7.80. The third-order valence-corrected chi connectivity index (χ3v) is 4.61. The van der Waals surface area contributed by atoms with Gasteiger partial charge in [0, 0.05) is 23.5 Å². The number of rotatable bonds is 5. The van der Waals surface area contributed by atoms with Crippen LogP contribution in [-0.2, 0) is 4.79 Å². The normalized spacial score (nSPS) is 10.7. The lowest BCUT2D eigenvalue weighted by molar-refractivity contribution is -0.133. The molecule has 0 saturated heterocycles. The van der Waals surface area contributed by atoms with Crippen LogP contribution in [0.1, 0.15) is 0 Å². The molecule has 0 saturated carbocycles. The van der Waals surface area contributed by atoms with Crippen molar-refractivity contribution in [1.82, 2.24) is 15.2 Å². The van der Waals surface area contributed by atoms with Gasteiger partial charge in [0.1, 0.15) is 0 Å². The summed E-state index contributed by atoms with van der Waals surface area (Å²) in [4.78, 5) is 14.7. The summed E-state index contributed by atoms with van der Waals surface area (Å²) in [6.45, 7) is 0. The van der Waals surface area contributed by atoms with E-state index in [0.717, 1.165) is 28.2 Å². The number of carbonyl (C=O) groups is 1. The van der Waals surface area contributed by atoms with E-state index in [2.05, 4.69) is 20.5 Å². The van der Waals surface area contributed by atoms with E-state index in [0.29, 0.717) is 9.47 Å². The molecule has 106 valence electrons. The van der Waals surface area contributed by atoms with Crippen molar-refractivity contribution in [2.75, 3.05) is 11.1 Å². The monoisotopic (exact) mass is 318 g/mol. The number of thioether (sulfide) groups is 1. The third kappa shape index (κ3) is 3.29. The first-order valence-electron chi connectivity index (χ1n) is 6.00. The topological polar surface area (TPSA) is 88.0 Å². The molecule has 3 aromatic rings. The van der Waals surface area contributed by atoms with E-state index in [9.17, 15) is 4.79 Å². The molecule has 3 rings (SSSR count). The van der Waals surface area contributed by atoms with E-state index in [4.69, 9.17) is 5.11 Å². The molecular formula is C13H10N4O2S2. The van der Waals surface area contributed by atoms with Gasteiger partial charge in [0.2, 0.25) is 5.13 Å². The molecule has 21 heavy (non-hydrogen) atoms. The molecule has 2 aromatic heterocycles. The Labute approximate surface area is 128 Å². The van der Waals surface area contributed by atoms with Crippen molar-refractivity contribution in [1.29, 1.82) is 0 Å². The first-order chi connectivity index (χ1) is 10.2. The van der Waals surface area contributed by atoms with Crippen LogP contribution < -0.4 is 5.32 Å². The van der Waals surface area contributed by atoms with E-state index < -0.39 is 5.97 Å². The highest BCUT2D eigenvalue weighted by atomic mass is 32.2. The number of pyridine rings is 1. The van der Waals surface area contributed by atoms with Crippen LogP contribution in [0, 0.1) is 0 Å². The van der Waals surface area contributed by atoms with Gasteiger partial charge >= 0.3 is 5.97 Å². The predicted molar refractivity (Wildman–Crippen MR) is 83.3 cm³/mol. The molecule has 0 amide bonds. The van der Waals surface area contributed by atoms with Crippen molar-refractivity contribution in [2.24, 2.45) is 0 Å². The number of aromatic nitrogens is 3. The summed E-state index contributed by atoms with van der Waals surface area (Å²) in [6.07, 6.45) is 3.54. The lowest BCUT2D eigenvalue weighted by atomic mass is 10.1. The van der Waals surface area contributed by atoms with Crippen molar-refractivity contribution in [3.8, 4) is 0 Å². The number of carboxylic acids is 1. The number of fused-ring (bicyclic) bond motifs is 1. The molecule has 0 radical (unpaired) electrons. The van der Waals surface area contributed by atoms with Crippen LogP contribution in [0.3, 0.4) is 0 Å². The van der Waals surface area contributed by atoms with Crippen LogP contribution in [0.5, 0.6) is 0 Å². The number of carboxylic acid groups (broad SMARTS) is 1. The standard InChI is InChI=1S/C13H10N4O2S2/c18-11(19)7-20-13-17-16-12(21-13)15-10-3-1-2-8-4-5-14-6-9(8)10/h1-6H,7H2,(H,15,16)(H,18,19). The van der Waals surface area contributed by atoms with E-state index in [1.807, 2.05) is 24.3 Å². The molecule has 0 unspecified atom stereocenters. The van der Waals surface area contributed by atoms with Crippen molar-refractivity contribution >= 4 is 50.7 Å². The summed E-state index contributed by atoms with van der Waals surface area (Å²) in [5.41, 5.74) is 0.895. The summed E-state index contributed by atoms with van der Waals surface area (Å²) < 4.78 is 0.623. The molecule has 6 nitrogen and oxygen atoms in total. The van der Waals surface area contributed by atoms with Gasteiger partial charge in [-0.3, -0.25) is 9.78 Å². The summed E-state index contributed by atoms with van der Waals surface area (Å²) >= 11 is 2.48. The van der Waals surface area contributed by atoms with Gasteiger partial charge in [-0.25, -0.2) is 0 Å². The molecule has 0 bridgehead atoms. The van der Waals surface area contributed by atoms with Gasteiger partial charge in [-0.05, 0) is 17.5 Å². The highest BCUT2D eigenvalue weighted by Gasteiger charge is 2.08. The zero-order valence-electron chi connectivity index (χ0n) is 10.7. The summed E-state index contributed by atoms with van der Waals surface area (Å²) in [5, 5.41) is 22.5. The number of anilines is 2. The van der Waals surface area contributed by atoms with Crippen molar-refractivity contribution in [2.45, 2.75) is 4.34 Å². The zero-order valence-corrected chi connectivity index (χ0v) is 12.3. The van der Waals surface area contributed by atoms with E-state index in [-0.39, 0.29) is 5.75 Å². The molecule has 2 N–H and O–H groups in total. The third-order valence-electron chi connectivity index (χ3n) is 2.65. The van der Waals surface area contributed by atoms with Gasteiger partial charge in [0.05, 0.1) is 5.75 Å². The minimum absolute atomic E-state index is 0.0210. The van der Waals surface area contributed by atoms with Crippen molar-refractivity contribution < 1.29 is 9.90 Å². The Morgan fingerprint density at radius 1 is 1.33 bits per heavy atom. The Hall–Kier alpha value is -2.19. The molecule has 0 atom stereocenters. The molecular weight excluding hydrogens is 308 g/mol. The second-order valence-electron chi connectivity index (χ2n) is 4.08. The van der Waals surface area contributed by atoms with Crippen LogP contribution in [0.25, 0.3) is 10.8 Å². The second-order valence-corrected chi connectivity index (χ2v) is 6.28. The Balaban J connectivity index is 1.81. The fraction of sp³-hybridized carbons (Fsp3) is 0.0769. The molecule has 8 heteroatoms. The van der Waals surface area contributed by atoms with E-state index >= 15 is 0 Å². The largest absolute Gasteiger partial charge is 0.481 e. The predicted octanol–water partition coefficient (Wildman–Crippen LogP) is 3.01. The van der Waals surface area contributed by atoms with E-state index in [1.165, 1.54) is 11.3 Å². The maximum atomic E-state index is 10.5. The Kier molecular flexibility index (Phi) is 3.98. The lowest BCUT2D eigenvalue weighted by Crippen LogP contribution is -1.96. The smallest absolute Gasteiger partial charge is 0.313 e. The minimum Gasteiger partial charge on any atom is -0.481 e. The Bertz CT molecular complexity index is 785. The fourth-order valence-corrected chi connectivity index (χ4v) is 3.26. The lowest BCUT2D eigenvalue weighted by Gasteiger charge is -2.05. The zero-order chi connectivity index (χ0) is 14.7. The number of aliphatic carboxylic acids is 1. The summed E-state index contributed by atoms with van der Waals surface area (Å²) in [5.74, 6) is -0.892. The SMILES string of the molecule is O=C(O)CSc1nnc(Nc2cccc3ccncc23)s1. The number of nitrogens with zero attached hydrogens (tertiary/aromatic N) is 3. The van der Waals surface area contributed by atoms with Gasteiger partial charge in [0.15, 0.2) is 4.34 Å². The van der Waals surface area contributed by atoms with Gasteiger partial charge in [-0.1, -0.05) is 35.2 Å². The minimum atomic E-state index is -0.871. The Morgan fingerprint density at radius 2 is 2.24 bits per heavy atom. The maximum Gasteiger partial charge on any atom is 0.313 e. The fourth-order valence-electron chi connectivity index (χ4n) is 1.78. The number of hydrogen-bond donors (Lipinski definition) is 2. The number of benzene rings is 1. The molecule has 1 aromatic carbocycles. The summed E-state index contributed by atoms with van der Waals surface area (Å²) in [6, 6.07) is 7.84. The number of hydrogen-bond acceptors (Lipinski definition) is 7. The molecule has 0 aliphatic rings. The molecule has 2 heterocycles. The van der Waals surface area contributed by atoms with Crippen LogP contribution in [0.2, 0.25) is 0 Å². The highest BCUT2D eigenvalue weighted by Crippen LogP contribution is 2.30. The molecule has 0 fully saturated rings. The Morgan fingerprint density at radius 3 is 3.10 bits per heavy atom. The van der Waals surface area contributed by atoms with Gasteiger partial charge in [0.25, 0.3) is 0 Å². The highest BCUT2D eigenvalue weighted by molar-refractivity contribution is 8.01. The van der Waals surface area contributed by atoms with Gasteiger partial charge in [-0.15, -0.1) is 10.2 Å². The van der Waals surface area contributed by atoms with Crippen molar-refractivity contribution in [3.05, 3.63) is 36.7 Å². The molecule has 0 aliphatic carbocycles. The van der Waals surface area contributed by atoms with Gasteiger partial charge in [-0.2, -0.15) is 0 Å². The van der Waals surface area contributed by atoms with Crippen molar-refractivity contribution in [3.63, 3.8) is 0 Å². The molecule has 0 spiro atoms. The number of nitrogens with one attached hydrogen (secondary N) is 1. The van der Waals surface area contributed by atoms with Gasteiger partial charge < -0.3 is 10.4 Å². The van der Waals surface area contributed by atoms with Crippen LogP contribution in [0.15, 0.2) is 41.0 Å². The van der Waals surface area contributed by atoms with Crippen LogP contribution >= 0.6 is 23.1 Å². The molecule has 0 aliphatic heterocycles.